The van der Waals surface area contributed by atoms with Crippen LogP contribution in [0.15, 0.2) is 0 Å². The van der Waals surface area contributed by atoms with E-state index in [0.29, 0.717) is 0 Å². The van der Waals surface area contributed by atoms with Crippen molar-refractivity contribution in [2.45, 2.75) is 42.5 Å². The Labute approximate surface area is 101 Å². The lowest BCUT2D eigenvalue weighted by molar-refractivity contribution is -0.144. The topological polar surface area (TPSA) is 55.4 Å². The van der Waals surface area contributed by atoms with Crippen molar-refractivity contribution >= 4 is 11.9 Å². The van der Waals surface area contributed by atoms with Crippen molar-refractivity contribution in [3.05, 3.63) is 0 Å². The molecule has 0 fully saturated rings. The lowest BCUT2D eigenvalue weighted by Gasteiger charge is -1.98. The van der Waals surface area contributed by atoms with Crippen LogP contribution in [-0.4, -0.2) is 26.0 Å². The second kappa shape index (κ2) is 13.9. The third-order valence-corrected chi connectivity index (χ3v) is 1.44. The van der Waals surface area contributed by atoms with E-state index in [2.05, 4.69) is 10.1 Å². The summed E-state index contributed by atoms with van der Waals surface area (Å²) in [6, 6.07) is 0. The third-order valence-electron chi connectivity index (χ3n) is 1.44. The number of hydrogen-bond acceptors (Lipinski definition) is 3. The van der Waals surface area contributed by atoms with E-state index in [1.165, 1.54) is 7.11 Å². The first-order chi connectivity index (χ1) is 6.36. The summed E-state index contributed by atoms with van der Waals surface area (Å²) in [5.41, 5.74) is 0. The van der Waals surface area contributed by atoms with E-state index in [-0.39, 0.29) is 38.6 Å². The molecule has 0 bridgehead atoms. The predicted octanol–water partition coefficient (Wildman–Crippen LogP) is 2.48. The summed E-state index contributed by atoms with van der Waals surface area (Å²) in [5.74, 6) is 0.0648. The summed E-state index contributed by atoms with van der Waals surface area (Å²) in [6.07, 6.45) is 0. The Kier molecular flexibility index (Phi) is 21.1. The molecule has 0 aromatic carbocycles. The van der Waals surface area contributed by atoms with Crippen LogP contribution >= 0.6 is 0 Å². The van der Waals surface area contributed by atoms with E-state index in [0.717, 1.165) is 0 Å². The van der Waals surface area contributed by atoms with E-state index < -0.39 is 0 Å². The summed E-state index contributed by atoms with van der Waals surface area (Å²) < 4.78 is 4.37. The molecule has 4 heteroatoms. The smallest absolute Gasteiger partial charge is 0.308 e. The Morgan fingerprint density at radius 3 is 1.38 bits per heavy atom. The van der Waals surface area contributed by atoms with Crippen molar-refractivity contribution in [3.8, 4) is 0 Å². The highest BCUT2D eigenvalue weighted by Crippen LogP contribution is 1.91. The van der Waals surface area contributed by atoms with Gasteiger partial charge in [0.15, 0.2) is 0 Å². The van der Waals surface area contributed by atoms with Gasteiger partial charge in [-0.1, -0.05) is 42.5 Å². The first-order valence-corrected chi connectivity index (χ1v) is 4.66. The van der Waals surface area contributed by atoms with E-state index in [4.69, 9.17) is 0 Å². The highest BCUT2D eigenvalue weighted by atomic mass is 16.5. The summed E-state index contributed by atoms with van der Waals surface area (Å²) in [5, 5.41) is 2.53. The normalized spacial score (nSPS) is 8.00. The van der Waals surface area contributed by atoms with Crippen LogP contribution in [-0.2, 0) is 14.3 Å². The molecule has 16 heavy (non-hydrogen) atoms. The van der Waals surface area contributed by atoms with Gasteiger partial charge in [-0.3, -0.25) is 9.59 Å². The summed E-state index contributed by atoms with van der Waals surface area (Å²) in [7, 11) is 3.03. The number of ether oxygens (including phenoxy) is 1. The van der Waals surface area contributed by atoms with Crippen molar-refractivity contribution in [1.29, 1.82) is 0 Å². The fourth-order valence-electron chi connectivity index (χ4n) is 0.524. The molecule has 0 saturated carbocycles. The zero-order valence-corrected chi connectivity index (χ0v) is 9.88. The van der Waals surface area contributed by atoms with E-state index in [9.17, 15) is 9.59 Å². The fraction of sp³-hybridized carbons (Fsp3) is 0.833. The van der Waals surface area contributed by atoms with Gasteiger partial charge in [-0.15, -0.1) is 0 Å². The van der Waals surface area contributed by atoms with E-state index in [1.807, 2.05) is 13.8 Å². The number of methoxy groups -OCH3 is 1. The molecule has 0 radical (unpaired) electrons. The summed E-state index contributed by atoms with van der Waals surface area (Å²) >= 11 is 0. The van der Waals surface area contributed by atoms with Gasteiger partial charge in [-0.2, -0.15) is 0 Å². The second-order valence-corrected chi connectivity index (χ2v) is 3.45. The molecule has 0 heterocycles. The minimum Gasteiger partial charge on any atom is -0.469 e. The van der Waals surface area contributed by atoms with Crippen LogP contribution in [0.2, 0.25) is 0 Å². The molecule has 0 aromatic heterocycles. The van der Waals surface area contributed by atoms with E-state index >= 15 is 0 Å². The average molecular weight is 235 g/mol. The zero-order chi connectivity index (χ0) is 11.7. The van der Waals surface area contributed by atoms with Gasteiger partial charge in [0.2, 0.25) is 5.91 Å². The highest BCUT2D eigenvalue weighted by molar-refractivity contribution is 5.77. The van der Waals surface area contributed by atoms with Gasteiger partial charge in [-0.25, -0.2) is 0 Å². The number of amides is 1. The standard InChI is InChI=1S/C5H11NO.C5H10O2.2CH4/c1-4(2)5(7)6-3;1-4(2)5(6)7-3;;/h4H,1-3H3,(H,6,7);4H,1-3H3;2*1H4. The number of carbonyl (C=O) groups is 2. The summed E-state index contributed by atoms with van der Waals surface area (Å²) in [4.78, 5) is 20.7. The van der Waals surface area contributed by atoms with E-state index in [1.54, 1.807) is 20.9 Å². The molecular formula is C12H29NO3. The van der Waals surface area contributed by atoms with Gasteiger partial charge in [-0.05, 0) is 0 Å². The maximum atomic E-state index is 10.4. The van der Waals surface area contributed by atoms with Gasteiger partial charge in [0, 0.05) is 13.0 Å². The molecule has 0 atom stereocenters. The largest absolute Gasteiger partial charge is 0.469 e. The molecule has 0 aliphatic heterocycles. The molecule has 0 aromatic rings. The predicted molar refractivity (Wildman–Crippen MR) is 69.2 cm³/mol. The molecular weight excluding hydrogens is 206 g/mol. The van der Waals surface area contributed by atoms with Crippen molar-refractivity contribution in [2.24, 2.45) is 11.8 Å². The van der Waals surface area contributed by atoms with Crippen LogP contribution in [0.25, 0.3) is 0 Å². The van der Waals surface area contributed by atoms with Gasteiger partial charge >= 0.3 is 5.97 Å². The number of carbonyl (C=O) groups excluding carboxylic acids is 2. The molecule has 0 aliphatic rings. The Bertz CT molecular complexity index is 157. The molecule has 0 spiro atoms. The summed E-state index contributed by atoms with van der Waals surface area (Å²) in [6.45, 7) is 7.31. The number of nitrogens with one attached hydrogen (secondary N) is 1. The first kappa shape index (κ1) is 24.3. The maximum Gasteiger partial charge on any atom is 0.308 e. The Morgan fingerprint density at radius 2 is 1.38 bits per heavy atom. The Hall–Kier alpha value is -1.06. The van der Waals surface area contributed by atoms with Crippen LogP contribution in [0.3, 0.4) is 0 Å². The average Bonchev–Trinajstić information content (AvgIpc) is 2.15. The highest BCUT2D eigenvalue weighted by Gasteiger charge is 2.03. The molecule has 1 N–H and O–H groups in total. The fourth-order valence-corrected chi connectivity index (χ4v) is 0.524. The minimum absolute atomic E-state index is 0. The Balaban J connectivity index is -0.0000000800. The number of esters is 1. The number of hydrogen-bond donors (Lipinski definition) is 1. The van der Waals surface area contributed by atoms with Crippen LogP contribution in [0.1, 0.15) is 42.5 Å². The van der Waals surface area contributed by atoms with Gasteiger partial charge < -0.3 is 10.1 Å². The molecule has 0 saturated heterocycles. The quantitative estimate of drug-likeness (QED) is 0.748. The van der Waals surface area contributed by atoms with Crippen molar-refractivity contribution in [2.75, 3.05) is 14.2 Å². The third kappa shape index (κ3) is 15.4. The van der Waals surface area contributed by atoms with Crippen molar-refractivity contribution in [1.82, 2.24) is 5.32 Å². The van der Waals surface area contributed by atoms with Gasteiger partial charge in [0.05, 0.1) is 13.0 Å². The number of rotatable bonds is 2. The van der Waals surface area contributed by atoms with Crippen molar-refractivity contribution in [3.63, 3.8) is 0 Å². The molecule has 1 amide bonds. The van der Waals surface area contributed by atoms with Crippen LogP contribution in [0.5, 0.6) is 0 Å². The van der Waals surface area contributed by atoms with Crippen LogP contribution < -0.4 is 5.32 Å². The lowest BCUT2D eigenvalue weighted by atomic mass is 10.2. The molecule has 100 valence electrons. The zero-order valence-electron chi connectivity index (χ0n) is 9.88. The SMILES string of the molecule is C.C.CNC(=O)C(C)C.COC(=O)C(C)C. The second-order valence-electron chi connectivity index (χ2n) is 3.45. The lowest BCUT2D eigenvalue weighted by Crippen LogP contribution is -2.22. The van der Waals surface area contributed by atoms with Gasteiger partial charge in [0.25, 0.3) is 0 Å². The molecule has 0 rings (SSSR count). The molecule has 0 aliphatic carbocycles. The maximum absolute atomic E-state index is 10.4. The first-order valence-electron chi connectivity index (χ1n) is 4.66. The monoisotopic (exact) mass is 235 g/mol. The van der Waals surface area contributed by atoms with Gasteiger partial charge in [0.1, 0.15) is 0 Å². The Morgan fingerprint density at radius 1 is 1.00 bits per heavy atom. The molecule has 4 nitrogen and oxygen atoms in total. The van der Waals surface area contributed by atoms with Crippen LogP contribution in [0, 0.1) is 11.8 Å². The van der Waals surface area contributed by atoms with Crippen LogP contribution in [0.4, 0.5) is 0 Å². The molecule has 0 unspecified atom stereocenters. The minimum atomic E-state index is -0.153. The van der Waals surface area contributed by atoms with Crippen molar-refractivity contribution < 1.29 is 14.3 Å².